The van der Waals surface area contributed by atoms with Crippen molar-refractivity contribution in [3.63, 3.8) is 0 Å². The first-order chi connectivity index (χ1) is 14.9. The molecule has 2 heterocycles. The molecule has 0 aliphatic carbocycles. The van der Waals surface area contributed by atoms with Gasteiger partial charge in [-0.15, -0.1) is 23.1 Å². The van der Waals surface area contributed by atoms with E-state index in [1.165, 1.54) is 23.1 Å². The molecule has 8 heteroatoms. The molecule has 0 fully saturated rings. The molecule has 1 atom stereocenters. The molecule has 160 valence electrons. The van der Waals surface area contributed by atoms with Gasteiger partial charge in [-0.05, 0) is 61.4 Å². The molecule has 0 bridgehead atoms. The Morgan fingerprint density at radius 1 is 1.16 bits per heavy atom. The fraction of sp³-hybridized carbons (Fsp3) is 0.261. The van der Waals surface area contributed by atoms with E-state index in [4.69, 9.17) is 9.47 Å². The van der Waals surface area contributed by atoms with Crippen molar-refractivity contribution < 1.29 is 14.3 Å². The van der Waals surface area contributed by atoms with E-state index in [-0.39, 0.29) is 11.5 Å². The zero-order chi connectivity index (χ0) is 22.1. The Morgan fingerprint density at radius 2 is 1.87 bits per heavy atom. The van der Waals surface area contributed by atoms with E-state index in [1.54, 1.807) is 20.1 Å². The number of methoxy groups -OCH3 is 1. The van der Waals surface area contributed by atoms with Gasteiger partial charge in [0.25, 0.3) is 5.56 Å². The average molecular weight is 455 g/mol. The number of benzene rings is 2. The van der Waals surface area contributed by atoms with Crippen molar-refractivity contribution >= 4 is 50.1 Å². The number of nitrogens with one attached hydrogen (secondary N) is 1. The van der Waals surface area contributed by atoms with E-state index in [2.05, 4.69) is 9.97 Å². The maximum Gasteiger partial charge on any atom is 0.324 e. The molecule has 0 aliphatic rings. The molecular weight excluding hydrogens is 432 g/mol. The first kappa shape index (κ1) is 21.4. The zero-order valence-corrected chi connectivity index (χ0v) is 19.3. The van der Waals surface area contributed by atoms with Crippen molar-refractivity contribution in [1.29, 1.82) is 0 Å². The maximum absolute atomic E-state index is 12.6. The summed E-state index contributed by atoms with van der Waals surface area (Å²) in [5.41, 5.74) is 0.835. The summed E-state index contributed by atoms with van der Waals surface area (Å²) in [5, 5.41) is 2.19. The summed E-state index contributed by atoms with van der Waals surface area (Å²) in [7, 11) is 1.62. The second kappa shape index (κ2) is 8.72. The molecule has 0 amide bonds. The predicted molar refractivity (Wildman–Crippen MR) is 127 cm³/mol. The Hall–Kier alpha value is -2.84. The van der Waals surface area contributed by atoms with Gasteiger partial charge in [0.1, 0.15) is 27.4 Å². The van der Waals surface area contributed by atoms with E-state index in [1.807, 2.05) is 44.2 Å². The van der Waals surface area contributed by atoms with Crippen LogP contribution in [0.5, 0.6) is 11.5 Å². The summed E-state index contributed by atoms with van der Waals surface area (Å²) in [5.74, 6) is 1.84. The second-order valence-electron chi connectivity index (χ2n) is 7.23. The van der Waals surface area contributed by atoms with Crippen LogP contribution in [0.1, 0.15) is 23.2 Å². The van der Waals surface area contributed by atoms with Crippen LogP contribution in [0, 0.1) is 13.8 Å². The van der Waals surface area contributed by atoms with Gasteiger partial charge in [-0.1, -0.05) is 12.1 Å². The first-order valence-electron chi connectivity index (χ1n) is 9.75. The SMILES string of the molecule is COc1ccc2ccc(OC(=O)C(C)SCc3nc4sc(C)c(C)c4c(=O)[nH]3)cc2c1. The largest absolute Gasteiger partial charge is 0.497 e. The van der Waals surface area contributed by atoms with Crippen LogP contribution in [0.4, 0.5) is 0 Å². The number of nitrogens with zero attached hydrogens (tertiary/aromatic N) is 1. The van der Waals surface area contributed by atoms with Gasteiger partial charge in [0.15, 0.2) is 0 Å². The van der Waals surface area contributed by atoms with Crippen LogP contribution in [-0.2, 0) is 10.5 Å². The number of esters is 1. The molecule has 4 aromatic rings. The third-order valence-corrected chi connectivity index (χ3v) is 7.36. The van der Waals surface area contributed by atoms with Gasteiger partial charge in [0.2, 0.25) is 0 Å². The first-order valence-corrected chi connectivity index (χ1v) is 11.6. The van der Waals surface area contributed by atoms with Gasteiger partial charge in [-0.3, -0.25) is 9.59 Å². The number of aromatic amines is 1. The number of fused-ring (bicyclic) bond motifs is 2. The van der Waals surface area contributed by atoms with Gasteiger partial charge >= 0.3 is 5.97 Å². The standard InChI is InChI=1S/C23H22N2O4S2/c1-12-13(2)31-22-20(12)21(26)24-19(25-22)11-30-14(3)23(27)29-18-8-6-15-5-7-17(28-4)9-16(15)10-18/h5-10,14H,11H2,1-4H3,(H,24,25,26). The number of hydrogen-bond donors (Lipinski definition) is 1. The number of H-pyrrole nitrogens is 1. The number of ether oxygens (including phenoxy) is 2. The van der Waals surface area contributed by atoms with Crippen molar-refractivity contribution in [2.75, 3.05) is 7.11 Å². The molecule has 0 aliphatic heterocycles. The summed E-state index contributed by atoms with van der Waals surface area (Å²) >= 11 is 2.88. The lowest BCUT2D eigenvalue weighted by atomic mass is 10.1. The predicted octanol–water partition coefficient (Wildman–Crippen LogP) is 4.99. The van der Waals surface area contributed by atoms with E-state index >= 15 is 0 Å². The quantitative estimate of drug-likeness (QED) is 0.326. The third kappa shape index (κ3) is 4.45. The molecule has 0 radical (unpaired) electrons. The number of hydrogen-bond acceptors (Lipinski definition) is 7. The van der Waals surface area contributed by atoms with E-state index in [9.17, 15) is 9.59 Å². The summed E-state index contributed by atoms with van der Waals surface area (Å²) in [6.07, 6.45) is 0. The van der Waals surface area contributed by atoms with Gasteiger partial charge < -0.3 is 14.5 Å². The summed E-state index contributed by atoms with van der Waals surface area (Å²) in [4.78, 5) is 34.2. The molecule has 0 saturated carbocycles. The van der Waals surface area contributed by atoms with Crippen molar-refractivity contribution in [2.45, 2.75) is 31.8 Å². The number of aromatic nitrogens is 2. The Kier molecular flexibility index (Phi) is 6.02. The number of rotatable bonds is 6. The van der Waals surface area contributed by atoms with Crippen LogP contribution >= 0.6 is 23.1 Å². The summed E-state index contributed by atoms with van der Waals surface area (Å²) in [6.45, 7) is 5.70. The highest BCUT2D eigenvalue weighted by Gasteiger charge is 2.18. The number of carbonyl (C=O) groups excluding carboxylic acids is 1. The highest BCUT2D eigenvalue weighted by molar-refractivity contribution is 7.99. The fourth-order valence-corrected chi connectivity index (χ4v) is 5.01. The zero-order valence-electron chi connectivity index (χ0n) is 17.6. The molecule has 4 rings (SSSR count). The molecule has 2 aromatic heterocycles. The Labute approximate surface area is 187 Å². The van der Waals surface area contributed by atoms with E-state index in [0.29, 0.717) is 22.7 Å². The minimum atomic E-state index is -0.422. The second-order valence-corrected chi connectivity index (χ2v) is 9.76. The smallest absolute Gasteiger partial charge is 0.324 e. The molecule has 6 nitrogen and oxygen atoms in total. The molecule has 0 spiro atoms. The molecule has 2 aromatic carbocycles. The van der Waals surface area contributed by atoms with Gasteiger partial charge in [-0.25, -0.2) is 4.98 Å². The number of thioether (sulfide) groups is 1. The number of thiophene rings is 1. The van der Waals surface area contributed by atoms with Crippen LogP contribution in [0.15, 0.2) is 41.2 Å². The molecule has 1 N–H and O–H groups in total. The lowest BCUT2D eigenvalue weighted by molar-refractivity contribution is -0.133. The molecule has 31 heavy (non-hydrogen) atoms. The lowest BCUT2D eigenvalue weighted by Gasteiger charge is -2.11. The highest BCUT2D eigenvalue weighted by Crippen LogP contribution is 2.28. The van der Waals surface area contributed by atoms with Crippen LogP contribution in [0.3, 0.4) is 0 Å². The highest BCUT2D eigenvalue weighted by atomic mass is 32.2. The van der Waals surface area contributed by atoms with Crippen molar-refractivity contribution in [1.82, 2.24) is 9.97 Å². The van der Waals surface area contributed by atoms with Crippen molar-refractivity contribution in [3.8, 4) is 11.5 Å². The van der Waals surface area contributed by atoms with Crippen LogP contribution in [0.25, 0.3) is 21.0 Å². The lowest BCUT2D eigenvalue weighted by Crippen LogP contribution is -2.20. The summed E-state index contributed by atoms with van der Waals surface area (Å²) in [6, 6.07) is 11.3. The number of aryl methyl sites for hydroxylation is 2. The normalized spacial score (nSPS) is 12.3. The van der Waals surface area contributed by atoms with Gasteiger partial charge in [0, 0.05) is 4.88 Å². The Bertz CT molecular complexity index is 1340. The van der Waals surface area contributed by atoms with Gasteiger partial charge in [0.05, 0.1) is 18.2 Å². The third-order valence-electron chi connectivity index (χ3n) is 5.13. The maximum atomic E-state index is 12.6. The molecule has 0 saturated heterocycles. The Balaban J connectivity index is 1.43. The van der Waals surface area contributed by atoms with E-state index < -0.39 is 5.25 Å². The minimum Gasteiger partial charge on any atom is -0.497 e. The van der Waals surface area contributed by atoms with Crippen molar-refractivity contribution in [3.05, 3.63) is 63.0 Å². The van der Waals surface area contributed by atoms with Crippen LogP contribution in [0.2, 0.25) is 0 Å². The molecular formula is C23H22N2O4S2. The summed E-state index contributed by atoms with van der Waals surface area (Å²) < 4.78 is 10.8. The monoisotopic (exact) mass is 454 g/mol. The molecule has 1 unspecified atom stereocenters. The average Bonchev–Trinajstić information content (AvgIpc) is 3.05. The van der Waals surface area contributed by atoms with Crippen LogP contribution < -0.4 is 15.0 Å². The van der Waals surface area contributed by atoms with Crippen molar-refractivity contribution in [2.24, 2.45) is 0 Å². The van der Waals surface area contributed by atoms with E-state index in [0.717, 1.165) is 31.8 Å². The van der Waals surface area contributed by atoms with Gasteiger partial charge in [-0.2, -0.15) is 0 Å². The van der Waals surface area contributed by atoms with Crippen LogP contribution in [-0.4, -0.2) is 28.3 Å². The minimum absolute atomic E-state index is 0.135. The fourth-order valence-electron chi connectivity index (χ4n) is 3.23. The Morgan fingerprint density at radius 3 is 2.61 bits per heavy atom. The number of carbonyl (C=O) groups is 1. The topological polar surface area (TPSA) is 81.3 Å².